The van der Waals surface area contributed by atoms with Gasteiger partial charge in [-0.1, -0.05) is 48.5 Å². The molecular formula is C34H32BrN3O5S3. The van der Waals surface area contributed by atoms with Gasteiger partial charge in [-0.3, -0.25) is 9.10 Å². The number of carbonyl (C=O) groups excluding carboxylic acids is 2. The third-order valence-electron chi connectivity index (χ3n) is 7.87. The number of benzene rings is 3. The predicted octanol–water partition coefficient (Wildman–Crippen LogP) is 7.30. The average molecular weight is 739 g/mol. The first-order valence-electron chi connectivity index (χ1n) is 14.9. The lowest BCUT2D eigenvalue weighted by Crippen LogP contribution is -2.49. The first-order valence-corrected chi connectivity index (χ1v) is 18.8. The summed E-state index contributed by atoms with van der Waals surface area (Å²) in [5, 5.41) is 2.68. The number of sulfonamides is 1. The summed E-state index contributed by atoms with van der Waals surface area (Å²) in [6.45, 7) is 4.41. The van der Waals surface area contributed by atoms with Crippen LogP contribution >= 0.6 is 38.6 Å². The van der Waals surface area contributed by atoms with Crippen LogP contribution in [0.3, 0.4) is 0 Å². The van der Waals surface area contributed by atoms with E-state index in [1.54, 1.807) is 31.2 Å². The van der Waals surface area contributed by atoms with E-state index >= 15 is 0 Å². The van der Waals surface area contributed by atoms with E-state index in [-0.39, 0.29) is 24.0 Å². The zero-order valence-corrected chi connectivity index (χ0v) is 29.1. The molecule has 0 bridgehead atoms. The van der Waals surface area contributed by atoms with E-state index in [0.29, 0.717) is 52.7 Å². The highest BCUT2D eigenvalue weighted by Gasteiger charge is 2.31. The van der Waals surface area contributed by atoms with Crippen molar-refractivity contribution in [2.45, 2.75) is 18.2 Å². The van der Waals surface area contributed by atoms with Gasteiger partial charge in [0.2, 0.25) is 0 Å². The minimum Gasteiger partial charge on any atom is -0.462 e. The lowest BCUT2D eigenvalue weighted by atomic mass is 10.1. The molecule has 3 heterocycles. The van der Waals surface area contributed by atoms with Gasteiger partial charge in [0.25, 0.3) is 15.9 Å². The summed E-state index contributed by atoms with van der Waals surface area (Å²) >= 11 is 6.11. The van der Waals surface area contributed by atoms with Gasteiger partial charge in [-0.25, -0.2) is 13.2 Å². The minimum absolute atomic E-state index is 0.00282. The Morgan fingerprint density at radius 1 is 0.935 bits per heavy atom. The first-order chi connectivity index (χ1) is 22.3. The Morgan fingerprint density at radius 3 is 2.39 bits per heavy atom. The van der Waals surface area contributed by atoms with Gasteiger partial charge in [0.15, 0.2) is 0 Å². The van der Waals surface area contributed by atoms with Crippen LogP contribution in [0.25, 0.3) is 10.1 Å². The van der Waals surface area contributed by atoms with Crippen molar-refractivity contribution in [3.05, 3.63) is 110 Å². The van der Waals surface area contributed by atoms with Crippen LogP contribution < -0.4 is 9.21 Å². The van der Waals surface area contributed by atoms with Gasteiger partial charge >= 0.3 is 5.97 Å². The second kappa shape index (κ2) is 14.0. The predicted molar refractivity (Wildman–Crippen MR) is 189 cm³/mol. The fraction of sp³-hybridized carbons (Fsp3) is 0.235. The quantitative estimate of drug-likeness (QED) is 0.140. The Morgan fingerprint density at radius 2 is 1.67 bits per heavy atom. The Hall–Kier alpha value is -3.71. The van der Waals surface area contributed by atoms with Crippen molar-refractivity contribution in [3.8, 4) is 0 Å². The summed E-state index contributed by atoms with van der Waals surface area (Å²) < 4.78 is 37.2. The molecule has 0 radical (unpaired) electrons. The molecule has 1 saturated heterocycles. The lowest BCUT2D eigenvalue weighted by molar-refractivity contribution is 0.0532. The van der Waals surface area contributed by atoms with Crippen molar-refractivity contribution in [2.24, 2.45) is 0 Å². The smallest absolute Gasteiger partial charge is 0.348 e. The SMILES string of the molecule is CCOC(=O)c1cc2ccc(S(=O)(=O)N(CCc3ccccc3)c3ccccc3N3CCN(C(=O)c4sccc4Br)CC3)cc2s1. The van der Waals surface area contributed by atoms with Crippen LogP contribution in [0.4, 0.5) is 11.4 Å². The monoisotopic (exact) mass is 737 g/mol. The van der Waals surface area contributed by atoms with Gasteiger partial charge < -0.3 is 14.5 Å². The normalized spacial score (nSPS) is 13.6. The largest absolute Gasteiger partial charge is 0.462 e. The molecule has 5 aromatic rings. The molecule has 0 spiro atoms. The van der Waals surface area contributed by atoms with Gasteiger partial charge in [-0.15, -0.1) is 22.7 Å². The molecule has 238 valence electrons. The lowest BCUT2D eigenvalue weighted by Gasteiger charge is -2.38. The number of amides is 1. The van der Waals surface area contributed by atoms with Gasteiger partial charge in [0.05, 0.1) is 22.9 Å². The number of piperazine rings is 1. The number of carbonyl (C=O) groups is 2. The summed E-state index contributed by atoms with van der Waals surface area (Å²) in [5.74, 6) is -0.423. The third kappa shape index (κ3) is 6.71. The minimum atomic E-state index is -4.03. The molecule has 1 aliphatic heterocycles. The van der Waals surface area contributed by atoms with E-state index in [4.69, 9.17) is 4.74 Å². The van der Waals surface area contributed by atoms with Crippen molar-refractivity contribution in [1.82, 2.24) is 4.90 Å². The van der Waals surface area contributed by atoms with Crippen LogP contribution in [-0.4, -0.2) is 64.5 Å². The molecule has 46 heavy (non-hydrogen) atoms. The highest BCUT2D eigenvalue weighted by atomic mass is 79.9. The van der Waals surface area contributed by atoms with E-state index in [1.165, 1.54) is 27.0 Å². The van der Waals surface area contributed by atoms with Gasteiger partial charge in [0, 0.05) is 41.9 Å². The van der Waals surface area contributed by atoms with Crippen molar-refractivity contribution >= 4 is 82.0 Å². The number of thiophene rings is 2. The molecule has 12 heteroatoms. The van der Waals surface area contributed by atoms with E-state index in [1.807, 2.05) is 70.9 Å². The van der Waals surface area contributed by atoms with Gasteiger partial charge in [0.1, 0.15) is 9.75 Å². The Labute approximate surface area is 285 Å². The zero-order chi connectivity index (χ0) is 32.3. The number of rotatable bonds is 10. The van der Waals surface area contributed by atoms with E-state index in [0.717, 1.165) is 21.1 Å². The zero-order valence-electron chi connectivity index (χ0n) is 25.1. The Balaban J connectivity index is 1.32. The van der Waals surface area contributed by atoms with Crippen molar-refractivity contribution in [1.29, 1.82) is 0 Å². The summed E-state index contributed by atoms with van der Waals surface area (Å²) in [4.78, 5) is 30.8. The van der Waals surface area contributed by atoms with Gasteiger partial charge in [-0.2, -0.15) is 0 Å². The fourth-order valence-corrected chi connectivity index (χ4v) is 9.61. The number of nitrogens with zero attached hydrogens (tertiary/aromatic N) is 3. The first kappa shape index (κ1) is 32.2. The topological polar surface area (TPSA) is 87.2 Å². The molecule has 3 aromatic carbocycles. The molecule has 0 atom stereocenters. The highest BCUT2D eigenvalue weighted by Crippen LogP contribution is 2.36. The van der Waals surface area contributed by atoms with Crippen molar-refractivity contribution in [3.63, 3.8) is 0 Å². The van der Waals surface area contributed by atoms with Crippen LogP contribution in [0.1, 0.15) is 31.8 Å². The molecule has 0 N–H and O–H groups in total. The standard InChI is InChI=1S/C34H32BrN3O5S3/c1-2-43-34(40)31-22-25-12-13-26(23-30(25)45-31)46(41,42)38(16-14-24-8-4-3-5-9-24)29-11-7-6-10-28(29)36-17-19-37(20-18-36)33(39)32-27(35)15-21-44-32/h3-13,15,21-23H,2,14,16-20H2,1H3. The summed E-state index contributed by atoms with van der Waals surface area (Å²) in [5.41, 5.74) is 2.41. The molecule has 1 fully saturated rings. The molecule has 0 unspecified atom stereocenters. The summed E-state index contributed by atoms with van der Waals surface area (Å²) in [7, 11) is -4.03. The molecule has 0 aliphatic carbocycles. The second-order valence-electron chi connectivity index (χ2n) is 10.7. The van der Waals surface area contributed by atoms with Gasteiger partial charge in [-0.05, 0) is 82.0 Å². The Kier molecular flexibility index (Phi) is 9.78. The maximum Gasteiger partial charge on any atom is 0.348 e. The van der Waals surface area contributed by atoms with Crippen LogP contribution in [0.2, 0.25) is 0 Å². The molecule has 0 saturated carbocycles. The van der Waals surface area contributed by atoms with Crippen LogP contribution in [-0.2, 0) is 21.2 Å². The van der Waals surface area contributed by atoms with E-state index < -0.39 is 16.0 Å². The summed E-state index contributed by atoms with van der Waals surface area (Å²) in [6.07, 6.45) is 0.515. The molecule has 6 rings (SSSR count). The number of ether oxygens (including phenoxy) is 1. The fourth-order valence-electron chi connectivity index (χ4n) is 5.53. The van der Waals surface area contributed by atoms with E-state index in [9.17, 15) is 18.0 Å². The molecule has 8 nitrogen and oxygen atoms in total. The highest BCUT2D eigenvalue weighted by molar-refractivity contribution is 9.10. The Bertz CT molecular complexity index is 1970. The maximum absolute atomic E-state index is 14.5. The number of anilines is 2. The number of halogens is 1. The second-order valence-corrected chi connectivity index (χ2v) is 15.4. The molecule has 1 amide bonds. The number of esters is 1. The average Bonchev–Trinajstić information content (AvgIpc) is 3.71. The molecule has 2 aromatic heterocycles. The third-order valence-corrected chi connectivity index (χ3v) is 12.6. The van der Waals surface area contributed by atoms with Crippen LogP contribution in [0, 0.1) is 0 Å². The van der Waals surface area contributed by atoms with Crippen molar-refractivity contribution in [2.75, 3.05) is 48.5 Å². The number of fused-ring (bicyclic) bond motifs is 1. The number of hydrogen-bond acceptors (Lipinski definition) is 8. The maximum atomic E-state index is 14.5. The van der Waals surface area contributed by atoms with E-state index in [2.05, 4.69) is 20.8 Å². The number of hydrogen-bond donors (Lipinski definition) is 0. The van der Waals surface area contributed by atoms with Crippen LogP contribution in [0.5, 0.6) is 0 Å². The van der Waals surface area contributed by atoms with Crippen molar-refractivity contribution < 1.29 is 22.7 Å². The molecule has 1 aliphatic rings. The summed E-state index contributed by atoms with van der Waals surface area (Å²) in [6, 6.07) is 26.0. The number of para-hydroxylation sites is 2. The van der Waals surface area contributed by atoms with Crippen LogP contribution in [0.15, 0.2) is 99.7 Å². The molecular weight excluding hydrogens is 706 g/mol.